The van der Waals surface area contributed by atoms with E-state index in [1.54, 1.807) is 7.11 Å². The average Bonchev–Trinajstić information content (AvgIpc) is 2.79. The molecule has 0 N–H and O–H groups in total. The predicted octanol–water partition coefficient (Wildman–Crippen LogP) is 2.10. The number of ether oxygens (including phenoxy) is 1. The number of nitrogens with zero attached hydrogens (tertiary/aromatic N) is 2. The van der Waals surface area contributed by atoms with Crippen LogP contribution in [0.25, 0.3) is 21.9 Å². The Hall–Kier alpha value is -2.14. The summed E-state index contributed by atoms with van der Waals surface area (Å²) in [6.07, 6.45) is 1.97. The summed E-state index contributed by atoms with van der Waals surface area (Å²) in [5, 5.41) is 1.90. The molecular formula is C14H14N2O3. The Kier molecular flexibility index (Phi) is 2.83. The lowest BCUT2D eigenvalue weighted by Crippen LogP contribution is -2.07. The summed E-state index contributed by atoms with van der Waals surface area (Å²) in [7, 11) is 1.66. The van der Waals surface area contributed by atoms with Crippen molar-refractivity contribution in [2.75, 3.05) is 13.7 Å². The third-order valence-corrected chi connectivity index (χ3v) is 3.26. The van der Waals surface area contributed by atoms with Crippen LogP contribution in [0.2, 0.25) is 0 Å². The molecule has 2 aromatic heterocycles. The second kappa shape index (κ2) is 4.51. The monoisotopic (exact) mass is 258 g/mol. The molecule has 3 aromatic rings. The summed E-state index contributed by atoms with van der Waals surface area (Å²) in [5.74, 6) is -0.558. The summed E-state index contributed by atoms with van der Waals surface area (Å²) in [6, 6.07) is 5.94. The number of aryl methyl sites for hydroxylation is 1. The largest absolute Gasteiger partial charge is 0.439 e. The van der Waals surface area contributed by atoms with Crippen LogP contribution < -0.4 is 5.76 Å². The van der Waals surface area contributed by atoms with Gasteiger partial charge in [-0.1, -0.05) is 6.07 Å². The van der Waals surface area contributed by atoms with E-state index in [0.717, 1.165) is 16.3 Å². The number of fused-ring (bicyclic) bond motifs is 3. The lowest BCUT2D eigenvalue weighted by molar-refractivity contribution is 0.188. The van der Waals surface area contributed by atoms with Crippen molar-refractivity contribution in [3.05, 3.63) is 40.6 Å². The maximum Gasteiger partial charge on any atom is 0.439 e. The maximum atomic E-state index is 11.5. The zero-order valence-electron chi connectivity index (χ0n) is 10.8. The summed E-state index contributed by atoms with van der Waals surface area (Å²) in [6.45, 7) is 3.13. The molecule has 0 saturated heterocycles. The molecule has 0 atom stereocenters. The maximum absolute atomic E-state index is 11.5. The number of methoxy groups -OCH3 is 1. The molecule has 98 valence electrons. The van der Waals surface area contributed by atoms with Gasteiger partial charge in [-0.3, -0.25) is 0 Å². The van der Waals surface area contributed by atoms with Gasteiger partial charge >= 0.3 is 5.76 Å². The number of hydrogen-bond donors (Lipinski definition) is 0. The highest BCUT2D eigenvalue weighted by molar-refractivity contribution is 6.02. The smallest absolute Gasteiger partial charge is 0.406 e. The minimum Gasteiger partial charge on any atom is -0.406 e. The van der Waals surface area contributed by atoms with Crippen molar-refractivity contribution in [1.29, 1.82) is 0 Å². The summed E-state index contributed by atoms with van der Waals surface area (Å²) < 4.78 is 12.4. The van der Waals surface area contributed by atoms with Crippen molar-refractivity contribution >= 4 is 21.9 Å². The number of hydrogen-bond acceptors (Lipinski definition) is 4. The van der Waals surface area contributed by atoms with Crippen LogP contribution in [-0.4, -0.2) is 23.3 Å². The fourth-order valence-electron chi connectivity index (χ4n) is 2.33. The normalized spacial score (nSPS) is 11.5. The van der Waals surface area contributed by atoms with Crippen molar-refractivity contribution in [3.63, 3.8) is 0 Å². The van der Waals surface area contributed by atoms with E-state index in [2.05, 4.69) is 4.98 Å². The number of aromatic nitrogens is 2. The van der Waals surface area contributed by atoms with Crippen LogP contribution in [0.15, 0.2) is 33.6 Å². The average molecular weight is 258 g/mol. The van der Waals surface area contributed by atoms with Crippen LogP contribution in [0.4, 0.5) is 0 Å². The van der Waals surface area contributed by atoms with Crippen molar-refractivity contribution in [2.24, 2.45) is 0 Å². The fourth-order valence-corrected chi connectivity index (χ4v) is 2.33. The zero-order valence-corrected chi connectivity index (χ0v) is 10.8. The Labute approximate surface area is 109 Å². The minimum absolute atomic E-state index is 0.558. The molecule has 5 heteroatoms. The number of rotatable bonds is 3. The minimum atomic E-state index is -0.558. The predicted molar refractivity (Wildman–Crippen MR) is 72.4 cm³/mol. The van der Waals surface area contributed by atoms with Gasteiger partial charge in [0.1, 0.15) is 0 Å². The first-order valence-electron chi connectivity index (χ1n) is 6.09. The first-order chi connectivity index (χ1) is 9.20. The molecule has 3 rings (SSSR count). The van der Waals surface area contributed by atoms with Gasteiger partial charge < -0.3 is 13.7 Å². The van der Waals surface area contributed by atoms with Gasteiger partial charge in [0.05, 0.1) is 17.8 Å². The van der Waals surface area contributed by atoms with E-state index in [9.17, 15) is 4.79 Å². The molecule has 0 bridgehead atoms. The molecule has 0 radical (unpaired) electrons. The van der Waals surface area contributed by atoms with E-state index in [4.69, 9.17) is 9.15 Å². The van der Waals surface area contributed by atoms with Crippen LogP contribution in [0, 0.1) is 6.92 Å². The van der Waals surface area contributed by atoms with Crippen LogP contribution in [0.1, 0.15) is 5.69 Å². The third-order valence-electron chi connectivity index (χ3n) is 3.26. The molecule has 0 amide bonds. The Balaban J connectivity index is 2.36. The summed E-state index contributed by atoms with van der Waals surface area (Å²) in [5.41, 5.74) is 2.20. The van der Waals surface area contributed by atoms with Gasteiger partial charge in [-0.15, -0.1) is 0 Å². The Bertz CT molecular complexity index is 801. The molecule has 0 fully saturated rings. The van der Waals surface area contributed by atoms with Crippen LogP contribution in [0.5, 0.6) is 0 Å². The summed E-state index contributed by atoms with van der Waals surface area (Å²) in [4.78, 5) is 15.3. The molecule has 1 aromatic carbocycles. The van der Waals surface area contributed by atoms with Crippen molar-refractivity contribution in [3.8, 4) is 0 Å². The van der Waals surface area contributed by atoms with E-state index in [-0.39, 0.29) is 0 Å². The summed E-state index contributed by atoms with van der Waals surface area (Å²) >= 11 is 0. The second-order valence-electron chi connectivity index (χ2n) is 4.45. The Morgan fingerprint density at radius 3 is 3.00 bits per heavy atom. The van der Waals surface area contributed by atoms with Crippen molar-refractivity contribution < 1.29 is 9.15 Å². The van der Waals surface area contributed by atoms with Crippen LogP contribution in [0.3, 0.4) is 0 Å². The molecule has 5 nitrogen and oxygen atoms in total. The molecule has 2 heterocycles. The lowest BCUT2D eigenvalue weighted by atomic mass is 10.1. The van der Waals surface area contributed by atoms with E-state index in [0.29, 0.717) is 24.4 Å². The first kappa shape index (κ1) is 11.9. The van der Waals surface area contributed by atoms with Gasteiger partial charge in [0.15, 0.2) is 5.58 Å². The van der Waals surface area contributed by atoms with E-state index in [1.807, 2.05) is 35.9 Å². The molecule has 0 aliphatic carbocycles. The first-order valence-corrected chi connectivity index (χ1v) is 6.09. The van der Waals surface area contributed by atoms with Crippen LogP contribution >= 0.6 is 0 Å². The molecule has 0 aliphatic heterocycles. The van der Waals surface area contributed by atoms with E-state index >= 15 is 0 Å². The number of benzene rings is 1. The topological polar surface area (TPSA) is 57.3 Å². The molecular weight excluding hydrogens is 244 g/mol. The molecule has 19 heavy (non-hydrogen) atoms. The SMILES string of the molecule is COCCn1ccc2ccc3c(C)nc(=O)oc3c21. The van der Waals surface area contributed by atoms with Gasteiger partial charge in [-0.05, 0) is 19.1 Å². The van der Waals surface area contributed by atoms with E-state index in [1.165, 1.54) is 0 Å². The third kappa shape index (κ3) is 1.92. The lowest BCUT2D eigenvalue weighted by Gasteiger charge is -2.07. The van der Waals surface area contributed by atoms with Gasteiger partial charge in [0.2, 0.25) is 0 Å². The molecule has 0 aliphatic rings. The van der Waals surface area contributed by atoms with Crippen molar-refractivity contribution in [2.45, 2.75) is 13.5 Å². The highest BCUT2D eigenvalue weighted by Gasteiger charge is 2.11. The van der Waals surface area contributed by atoms with Gasteiger partial charge in [-0.2, -0.15) is 4.98 Å². The van der Waals surface area contributed by atoms with Gasteiger partial charge in [0, 0.05) is 30.6 Å². The molecule has 0 spiro atoms. The standard InChI is InChI=1S/C14H14N2O3/c1-9-11-4-3-10-5-6-16(7-8-18-2)12(10)13(11)19-14(17)15-9/h3-6H,7-8H2,1-2H3. The highest BCUT2D eigenvalue weighted by Crippen LogP contribution is 2.26. The van der Waals surface area contributed by atoms with Gasteiger partial charge in [0.25, 0.3) is 0 Å². The molecule has 0 unspecified atom stereocenters. The van der Waals surface area contributed by atoms with Crippen molar-refractivity contribution in [1.82, 2.24) is 9.55 Å². The second-order valence-corrected chi connectivity index (χ2v) is 4.45. The highest BCUT2D eigenvalue weighted by atomic mass is 16.5. The quantitative estimate of drug-likeness (QED) is 0.722. The Morgan fingerprint density at radius 2 is 2.21 bits per heavy atom. The Morgan fingerprint density at radius 1 is 1.37 bits per heavy atom. The van der Waals surface area contributed by atoms with Crippen LogP contribution in [-0.2, 0) is 11.3 Å². The fraction of sp³-hybridized carbons (Fsp3) is 0.286. The van der Waals surface area contributed by atoms with Gasteiger partial charge in [-0.25, -0.2) is 4.79 Å². The molecule has 0 saturated carbocycles. The van der Waals surface area contributed by atoms with E-state index < -0.39 is 5.76 Å². The zero-order chi connectivity index (χ0) is 13.4.